The molecule has 6 heteroatoms. The lowest BCUT2D eigenvalue weighted by Crippen LogP contribution is -2.27. The second kappa shape index (κ2) is 4.65. The predicted molar refractivity (Wildman–Crippen MR) is 63.1 cm³/mol. The van der Waals surface area contributed by atoms with Crippen molar-refractivity contribution in [3.63, 3.8) is 0 Å². The van der Waals surface area contributed by atoms with Gasteiger partial charge < -0.3 is 11.1 Å². The third-order valence-corrected chi connectivity index (χ3v) is 2.31. The number of rotatable bonds is 3. The van der Waals surface area contributed by atoms with Crippen LogP contribution in [0.2, 0.25) is 0 Å². The van der Waals surface area contributed by atoms with E-state index in [9.17, 15) is 4.79 Å². The van der Waals surface area contributed by atoms with E-state index < -0.39 is 0 Å². The van der Waals surface area contributed by atoms with E-state index in [-0.39, 0.29) is 17.9 Å². The molecule has 0 radical (unpaired) electrons. The molecule has 17 heavy (non-hydrogen) atoms. The maximum absolute atomic E-state index is 11.8. The van der Waals surface area contributed by atoms with E-state index in [4.69, 9.17) is 5.73 Å². The molecule has 0 bridgehead atoms. The monoisotopic (exact) mass is 231 g/mol. The highest BCUT2D eigenvalue weighted by molar-refractivity contribution is 5.94. The number of hydrogen-bond acceptors (Lipinski definition) is 4. The SMILES string of the molecule is CC(NC(=O)c1ccccc1)c1nc(N)n[nH]1. The van der Waals surface area contributed by atoms with Crippen LogP contribution in [-0.4, -0.2) is 21.1 Å². The molecule has 1 aromatic heterocycles. The average molecular weight is 231 g/mol. The van der Waals surface area contributed by atoms with Crippen LogP contribution >= 0.6 is 0 Å². The van der Waals surface area contributed by atoms with Crippen LogP contribution in [0.15, 0.2) is 30.3 Å². The maximum Gasteiger partial charge on any atom is 0.251 e. The van der Waals surface area contributed by atoms with Crippen LogP contribution in [0.3, 0.4) is 0 Å². The van der Waals surface area contributed by atoms with Crippen LogP contribution < -0.4 is 11.1 Å². The van der Waals surface area contributed by atoms with Gasteiger partial charge in [-0.05, 0) is 19.1 Å². The minimum atomic E-state index is -0.271. The van der Waals surface area contributed by atoms with Crippen molar-refractivity contribution in [3.05, 3.63) is 41.7 Å². The molecule has 0 aliphatic rings. The van der Waals surface area contributed by atoms with Crippen LogP contribution in [-0.2, 0) is 0 Å². The molecule has 0 aliphatic heterocycles. The molecule has 0 spiro atoms. The number of nitrogens with zero attached hydrogens (tertiary/aromatic N) is 2. The predicted octanol–water partition coefficient (Wildman–Crippen LogP) is 0.878. The Morgan fingerprint density at radius 2 is 2.12 bits per heavy atom. The summed E-state index contributed by atoms with van der Waals surface area (Å²) in [6, 6.07) is 8.70. The van der Waals surface area contributed by atoms with E-state index in [0.717, 1.165) is 0 Å². The molecular weight excluding hydrogens is 218 g/mol. The third kappa shape index (κ3) is 2.60. The van der Waals surface area contributed by atoms with Crippen molar-refractivity contribution in [2.24, 2.45) is 0 Å². The number of aromatic amines is 1. The number of amides is 1. The van der Waals surface area contributed by atoms with Gasteiger partial charge in [0.1, 0.15) is 5.82 Å². The molecule has 1 unspecified atom stereocenters. The van der Waals surface area contributed by atoms with Gasteiger partial charge in [0.2, 0.25) is 5.95 Å². The van der Waals surface area contributed by atoms with Crippen molar-refractivity contribution < 1.29 is 4.79 Å². The first-order chi connectivity index (χ1) is 8.16. The van der Waals surface area contributed by atoms with Crippen LogP contribution in [0.25, 0.3) is 0 Å². The smallest absolute Gasteiger partial charge is 0.251 e. The van der Waals surface area contributed by atoms with E-state index in [2.05, 4.69) is 20.5 Å². The number of carbonyl (C=O) groups excluding carboxylic acids is 1. The fourth-order valence-corrected chi connectivity index (χ4v) is 1.42. The molecule has 4 N–H and O–H groups in total. The van der Waals surface area contributed by atoms with Crippen molar-refractivity contribution in [3.8, 4) is 0 Å². The van der Waals surface area contributed by atoms with Gasteiger partial charge in [0.25, 0.3) is 5.91 Å². The van der Waals surface area contributed by atoms with Gasteiger partial charge in [-0.1, -0.05) is 18.2 Å². The number of nitrogens with one attached hydrogen (secondary N) is 2. The Bertz CT molecular complexity index is 508. The zero-order valence-electron chi connectivity index (χ0n) is 9.34. The summed E-state index contributed by atoms with van der Waals surface area (Å²) < 4.78 is 0. The number of aromatic nitrogens is 3. The summed E-state index contributed by atoms with van der Waals surface area (Å²) in [6.45, 7) is 1.81. The summed E-state index contributed by atoms with van der Waals surface area (Å²) in [4.78, 5) is 15.8. The Balaban J connectivity index is 2.04. The van der Waals surface area contributed by atoms with E-state index in [0.29, 0.717) is 11.4 Å². The lowest BCUT2D eigenvalue weighted by atomic mass is 10.2. The van der Waals surface area contributed by atoms with Crippen LogP contribution in [0.5, 0.6) is 0 Å². The lowest BCUT2D eigenvalue weighted by Gasteiger charge is -2.10. The minimum Gasteiger partial charge on any atom is -0.367 e. The number of anilines is 1. The molecule has 0 aliphatic carbocycles. The Hall–Kier alpha value is -2.37. The molecule has 0 saturated heterocycles. The summed E-state index contributed by atoms with van der Waals surface area (Å²) in [5.41, 5.74) is 6.00. The molecule has 1 amide bonds. The quantitative estimate of drug-likeness (QED) is 0.730. The van der Waals surface area contributed by atoms with Gasteiger partial charge in [-0.15, -0.1) is 5.10 Å². The summed E-state index contributed by atoms with van der Waals surface area (Å²) in [6.07, 6.45) is 0. The number of nitrogens with two attached hydrogens (primary N) is 1. The molecule has 2 aromatic rings. The number of hydrogen-bond donors (Lipinski definition) is 3. The summed E-state index contributed by atoms with van der Waals surface area (Å²) in [7, 11) is 0. The molecule has 6 nitrogen and oxygen atoms in total. The van der Waals surface area contributed by atoms with Crippen LogP contribution in [0.1, 0.15) is 29.1 Å². The zero-order chi connectivity index (χ0) is 12.3. The first-order valence-corrected chi connectivity index (χ1v) is 5.20. The van der Waals surface area contributed by atoms with Crippen LogP contribution in [0.4, 0.5) is 5.95 Å². The average Bonchev–Trinajstić information content (AvgIpc) is 2.77. The molecule has 1 atom stereocenters. The Kier molecular flexibility index (Phi) is 3.04. The lowest BCUT2D eigenvalue weighted by molar-refractivity contribution is 0.0938. The Labute approximate surface area is 98.3 Å². The van der Waals surface area contributed by atoms with Gasteiger partial charge in [-0.25, -0.2) is 0 Å². The summed E-state index contributed by atoms with van der Waals surface area (Å²) in [5, 5.41) is 9.17. The van der Waals surface area contributed by atoms with Gasteiger partial charge in [0, 0.05) is 5.56 Å². The minimum absolute atomic E-state index is 0.159. The normalized spacial score (nSPS) is 12.1. The third-order valence-electron chi connectivity index (χ3n) is 2.31. The highest BCUT2D eigenvalue weighted by Gasteiger charge is 2.13. The largest absolute Gasteiger partial charge is 0.367 e. The van der Waals surface area contributed by atoms with Gasteiger partial charge >= 0.3 is 0 Å². The second-order valence-electron chi connectivity index (χ2n) is 3.64. The topological polar surface area (TPSA) is 96.7 Å². The van der Waals surface area contributed by atoms with Gasteiger partial charge in [0.05, 0.1) is 6.04 Å². The second-order valence-corrected chi connectivity index (χ2v) is 3.64. The standard InChI is InChI=1S/C11H13N5O/c1-7(9-14-11(12)16-15-9)13-10(17)8-5-3-2-4-6-8/h2-7H,1H3,(H,13,17)(H3,12,14,15,16). The molecule has 88 valence electrons. The zero-order valence-corrected chi connectivity index (χ0v) is 9.34. The van der Waals surface area contributed by atoms with Crippen LogP contribution in [0, 0.1) is 0 Å². The van der Waals surface area contributed by atoms with Gasteiger partial charge in [-0.2, -0.15) is 4.98 Å². The molecule has 1 aromatic carbocycles. The number of nitrogen functional groups attached to an aromatic ring is 1. The van der Waals surface area contributed by atoms with Gasteiger partial charge in [-0.3, -0.25) is 9.89 Å². The van der Waals surface area contributed by atoms with Crippen molar-refractivity contribution in [1.82, 2.24) is 20.5 Å². The maximum atomic E-state index is 11.8. The molecule has 1 heterocycles. The van der Waals surface area contributed by atoms with E-state index >= 15 is 0 Å². The van der Waals surface area contributed by atoms with E-state index in [1.807, 2.05) is 18.2 Å². The van der Waals surface area contributed by atoms with E-state index in [1.54, 1.807) is 19.1 Å². The first-order valence-electron chi connectivity index (χ1n) is 5.20. The molecular formula is C11H13N5O. The highest BCUT2D eigenvalue weighted by Crippen LogP contribution is 2.08. The Morgan fingerprint density at radius 3 is 2.71 bits per heavy atom. The fraction of sp³-hybridized carbons (Fsp3) is 0.182. The van der Waals surface area contributed by atoms with Crippen molar-refractivity contribution in [2.45, 2.75) is 13.0 Å². The molecule has 0 fully saturated rings. The van der Waals surface area contributed by atoms with Crippen molar-refractivity contribution in [1.29, 1.82) is 0 Å². The van der Waals surface area contributed by atoms with E-state index in [1.165, 1.54) is 0 Å². The number of carbonyl (C=O) groups is 1. The summed E-state index contributed by atoms with van der Waals surface area (Å²) >= 11 is 0. The highest BCUT2D eigenvalue weighted by atomic mass is 16.1. The summed E-state index contributed by atoms with van der Waals surface area (Å²) in [5.74, 6) is 0.542. The molecule has 2 rings (SSSR count). The van der Waals surface area contributed by atoms with Crippen molar-refractivity contribution >= 4 is 11.9 Å². The van der Waals surface area contributed by atoms with Gasteiger partial charge in [0.15, 0.2) is 0 Å². The Morgan fingerprint density at radius 1 is 1.41 bits per heavy atom. The fourth-order valence-electron chi connectivity index (χ4n) is 1.42. The number of H-pyrrole nitrogens is 1. The molecule has 0 saturated carbocycles. The van der Waals surface area contributed by atoms with Crippen molar-refractivity contribution in [2.75, 3.05) is 5.73 Å². The first kappa shape index (κ1) is 11.1. The number of benzene rings is 1.